The second kappa shape index (κ2) is 11.5. The molecule has 6 N–H and O–H groups in total. The lowest BCUT2D eigenvalue weighted by molar-refractivity contribution is 0.102. The van der Waals surface area contributed by atoms with Gasteiger partial charge in [-0.2, -0.15) is 13.5 Å². The van der Waals surface area contributed by atoms with Crippen LogP contribution in [-0.2, 0) is 10.1 Å². The second-order valence-electron chi connectivity index (χ2n) is 9.11. The zero-order valence-corrected chi connectivity index (χ0v) is 22.5. The minimum absolute atomic E-state index is 0.118. The highest BCUT2D eigenvalue weighted by Gasteiger charge is 2.33. The van der Waals surface area contributed by atoms with Crippen LogP contribution >= 0.6 is 0 Å². The number of rotatable bonds is 7. The molecule has 11 nitrogen and oxygen atoms in total. The smallest absolute Gasteiger partial charge is 0.296 e. The summed E-state index contributed by atoms with van der Waals surface area (Å²) in [7, 11) is -4.86. The molecule has 1 aliphatic rings. The van der Waals surface area contributed by atoms with Crippen molar-refractivity contribution in [1.82, 2.24) is 0 Å². The van der Waals surface area contributed by atoms with E-state index in [0.29, 0.717) is 28.2 Å². The average Bonchev–Trinajstić information content (AvgIpc) is 2.97. The molecule has 12 heteroatoms. The predicted molar refractivity (Wildman–Crippen MR) is 162 cm³/mol. The molecule has 1 amide bonds. The molecular formula is C30H23N5O6S. The predicted octanol–water partition coefficient (Wildman–Crippen LogP) is 5.05. The van der Waals surface area contributed by atoms with Crippen LogP contribution in [0.4, 0.5) is 22.7 Å². The average molecular weight is 582 g/mol. The fourth-order valence-corrected chi connectivity index (χ4v) is 4.72. The zero-order valence-electron chi connectivity index (χ0n) is 21.7. The number of hydrazone groups is 1. The van der Waals surface area contributed by atoms with Gasteiger partial charge in [-0.25, -0.2) is 4.99 Å². The van der Waals surface area contributed by atoms with Gasteiger partial charge in [-0.1, -0.05) is 18.2 Å². The third-order valence-electron chi connectivity index (χ3n) is 6.17. The standard InChI is InChI=1S/C30H23N5O6S/c31-21-8-6-19(7-9-21)30(38)33-24-14-15-25-20(16-24)17-26(42(39,40)41)27(28(25)36)35-34-23-12-10-22(11-13-23)32-29(37)18-4-2-1-3-5-18/h1-17,34H,31H2,(H,32,37)(H,33,38)(H,39,40,41)/b35-27+. The number of nitrogens with zero attached hydrogens (tertiary/aromatic N) is 2. The maximum atomic E-state index is 13.3. The van der Waals surface area contributed by atoms with Gasteiger partial charge in [0, 0.05) is 28.1 Å². The van der Waals surface area contributed by atoms with E-state index in [1.165, 1.54) is 18.2 Å². The number of aliphatic hydroxyl groups is 1. The number of fused-ring (bicyclic) bond motifs is 1. The first-order chi connectivity index (χ1) is 20.1. The first kappa shape index (κ1) is 28.0. The summed E-state index contributed by atoms with van der Waals surface area (Å²) >= 11 is 0. The number of ketones is 1. The molecule has 0 saturated heterocycles. The van der Waals surface area contributed by atoms with Gasteiger partial charge in [0.05, 0.1) is 11.4 Å². The van der Waals surface area contributed by atoms with Crippen molar-refractivity contribution in [2.24, 2.45) is 10.1 Å². The number of nitrogens with two attached hydrogens (primary N) is 1. The van der Waals surface area contributed by atoms with Crippen LogP contribution in [-0.4, -0.2) is 41.4 Å². The quantitative estimate of drug-likeness (QED) is 0.0660. The van der Waals surface area contributed by atoms with E-state index in [4.69, 9.17) is 5.73 Å². The molecule has 0 unspecified atom stereocenters. The van der Waals surface area contributed by atoms with Crippen molar-refractivity contribution in [2.45, 2.75) is 0 Å². The van der Waals surface area contributed by atoms with E-state index in [1.807, 2.05) is 0 Å². The van der Waals surface area contributed by atoms with E-state index in [1.54, 1.807) is 78.9 Å². The normalized spacial score (nSPS) is 14.2. The molecule has 0 saturated carbocycles. The van der Waals surface area contributed by atoms with Crippen LogP contribution in [0.15, 0.2) is 112 Å². The number of Topliss-reactive ketones (excluding diaryl/α,β-unsaturated/α-hetero) is 1. The van der Waals surface area contributed by atoms with Crippen LogP contribution in [0.3, 0.4) is 0 Å². The Hall–Kier alpha value is -5.59. The summed E-state index contributed by atoms with van der Waals surface area (Å²) in [4.78, 5) is 29.0. The Balaban J connectivity index is 1.38. The van der Waals surface area contributed by atoms with Crippen LogP contribution < -0.4 is 16.5 Å². The van der Waals surface area contributed by atoms with Gasteiger partial charge in [0.25, 0.3) is 16.0 Å². The van der Waals surface area contributed by atoms with Crippen molar-refractivity contribution in [2.75, 3.05) is 16.5 Å². The summed E-state index contributed by atoms with van der Waals surface area (Å²) in [5.74, 6) is -1.36. The lowest BCUT2D eigenvalue weighted by Gasteiger charge is -2.16. The Morgan fingerprint density at radius 1 is 0.833 bits per heavy atom. The van der Waals surface area contributed by atoms with Crippen LogP contribution in [0.2, 0.25) is 0 Å². The first-order valence-electron chi connectivity index (χ1n) is 12.4. The fourth-order valence-electron chi connectivity index (χ4n) is 4.06. The number of nitrogens with one attached hydrogen (secondary N) is 2. The van der Waals surface area contributed by atoms with Gasteiger partial charge in [0.2, 0.25) is 11.7 Å². The number of benzene rings is 4. The molecule has 0 heterocycles. The molecule has 4 aromatic rings. The molecule has 4 aromatic carbocycles. The number of hydrogen-bond acceptors (Lipinski definition) is 8. The maximum Gasteiger partial charge on any atom is 0.296 e. The highest BCUT2D eigenvalue weighted by atomic mass is 32.2. The van der Waals surface area contributed by atoms with Crippen molar-refractivity contribution in [3.63, 3.8) is 0 Å². The van der Waals surface area contributed by atoms with Gasteiger partial charge < -0.3 is 16.2 Å². The number of carbonyl (C=O) groups excluding carboxylic acids is 2. The third-order valence-corrected chi connectivity index (χ3v) is 7.04. The van der Waals surface area contributed by atoms with Crippen molar-refractivity contribution < 1.29 is 27.7 Å². The van der Waals surface area contributed by atoms with Gasteiger partial charge >= 0.3 is 0 Å². The fraction of sp³-hybridized carbons (Fsp3) is 0. The molecule has 0 atom stereocenters. The van der Waals surface area contributed by atoms with E-state index < -0.39 is 26.5 Å². The molecule has 0 aromatic heterocycles. The number of amides is 1. The lowest BCUT2D eigenvalue weighted by atomic mass is 9.94. The third kappa shape index (κ3) is 6.25. The van der Waals surface area contributed by atoms with Crippen molar-refractivity contribution in [3.05, 3.63) is 124 Å². The largest absolute Gasteiger partial charge is 0.493 e. The minimum atomic E-state index is -4.86. The van der Waals surface area contributed by atoms with Gasteiger partial charge in [-0.05, 0) is 90.5 Å². The van der Waals surface area contributed by atoms with Crippen LogP contribution in [0.5, 0.6) is 0 Å². The summed E-state index contributed by atoms with van der Waals surface area (Å²) in [6, 6.07) is 25.7. The Labute approximate surface area is 240 Å². The Morgan fingerprint density at radius 3 is 2.17 bits per heavy atom. The molecule has 0 spiro atoms. The number of nitrogen functional groups attached to an aromatic ring is 1. The topological polar surface area (TPSA) is 184 Å². The van der Waals surface area contributed by atoms with E-state index in [2.05, 4.69) is 20.8 Å². The van der Waals surface area contributed by atoms with E-state index in [-0.39, 0.29) is 28.6 Å². The maximum absolute atomic E-state index is 13.3. The molecule has 1 aliphatic carbocycles. The number of allylic oxidation sites excluding steroid dienone is 1. The molecule has 0 fully saturated rings. The second-order valence-corrected chi connectivity index (χ2v) is 10.5. The van der Waals surface area contributed by atoms with Crippen LogP contribution in [0, 0.1) is 0 Å². The molecule has 0 radical (unpaired) electrons. The molecule has 0 bridgehead atoms. The Kier molecular flexibility index (Phi) is 7.65. The van der Waals surface area contributed by atoms with E-state index in [0.717, 1.165) is 6.08 Å². The summed E-state index contributed by atoms with van der Waals surface area (Å²) in [5.41, 5.74) is 10.6. The summed E-state index contributed by atoms with van der Waals surface area (Å²) in [5, 5.41) is 17.1. The summed E-state index contributed by atoms with van der Waals surface area (Å²) in [6.45, 7) is 0. The van der Waals surface area contributed by atoms with Gasteiger partial charge in [0.15, 0.2) is 5.71 Å². The molecule has 42 heavy (non-hydrogen) atoms. The molecule has 5 rings (SSSR count). The molecular weight excluding hydrogens is 558 g/mol. The van der Waals surface area contributed by atoms with Gasteiger partial charge in [-0.15, -0.1) is 0 Å². The number of anilines is 3. The summed E-state index contributed by atoms with van der Waals surface area (Å²) in [6.07, 6.45) is 1.11. The lowest BCUT2D eigenvalue weighted by Crippen LogP contribution is -2.27. The number of carbonyl (C=O) groups is 2. The van der Waals surface area contributed by atoms with Crippen molar-refractivity contribution in [1.29, 1.82) is 0 Å². The Morgan fingerprint density at radius 2 is 1.50 bits per heavy atom. The van der Waals surface area contributed by atoms with Crippen LogP contribution in [0.1, 0.15) is 31.8 Å². The van der Waals surface area contributed by atoms with Gasteiger partial charge in [-0.3, -0.25) is 19.6 Å². The van der Waals surface area contributed by atoms with E-state index in [9.17, 15) is 27.7 Å². The molecule has 0 aliphatic heterocycles. The Bertz CT molecular complexity index is 1880. The zero-order chi connectivity index (χ0) is 29.9. The number of aliphatic hydroxyl groups excluding tert-OH is 1. The molecule has 210 valence electrons. The SMILES string of the molecule is Nc1ccc(C(O)=Nc2ccc3c(c2)C=C(S(=O)(=O)O)/C(=N\Nc2ccc(NC(=O)c4ccccc4)cc2)C3=O)cc1. The highest BCUT2D eigenvalue weighted by Crippen LogP contribution is 2.29. The first-order valence-corrected chi connectivity index (χ1v) is 13.8. The minimum Gasteiger partial charge on any atom is -0.493 e. The van der Waals surface area contributed by atoms with Crippen LogP contribution in [0.25, 0.3) is 6.08 Å². The van der Waals surface area contributed by atoms with Gasteiger partial charge in [0.1, 0.15) is 4.91 Å². The van der Waals surface area contributed by atoms with E-state index >= 15 is 0 Å². The van der Waals surface area contributed by atoms with Crippen molar-refractivity contribution in [3.8, 4) is 0 Å². The summed E-state index contributed by atoms with van der Waals surface area (Å²) < 4.78 is 34.3. The number of hydrogen-bond donors (Lipinski definition) is 5. The van der Waals surface area contributed by atoms with Crippen molar-refractivity contribution >= 4 is 62.2 Å². The number of aliphatic imine (C=N–C) groups is 1. The highest BCUT2D eigenvalue weighted by molar-refractivity contribution is 7.91. The monoisotopic (exact) mass is 581 g/mol.